The average molecular weight is 649 g/mol. The Morgan fingerprint density at radius 2 is 1.77 bits per heavy atom. The summed E-state index contributed by atoms with van der Waals surface area (Å²) in [6.45, 7) is 14.2. The van der Waals surface area contributed by atoms with Gasteiger partial charge >= 0.3 is 252 Å². The van der Waals surface area contributed by atoms with Gasteiger partial charge in [-0.2, -0.15) is 0 Å². The van der Waals surface area contributed by atoms with Gasteiger partial charge in [0.05, 0.1) is 0 Å². The molecule has 1 N–H and O–H groups in total. The molecule has 7 aliphatic rings. The van der Waals surface area contributed by atoms with Crippen LogP contribution in [0.15, 0.2) is 23.3 Å². The van der Waals surface area contributed by atoms with Crippen LogP contribution in [0.5, 0.6) is 0 Å². The van der Waals surface area contributed by atoms with Gasteiger partial charge < -0.3 is 0 Å². The van der Waals surface area contributed by atoms with Gasteiger partial charge in [0.15, 0.2) is 9.84 Å². The van der Waals surface area contributed by atoms with E-state index in [-0.39, 0.29) is 12.6 Å². The van der Waals surface area contributed by atoms with Gasteiger partial charge in [0.2, 0.25) is 0 Å². The minimum absolute atomic E-state index is 0.156. The van der Waals surface area contributed by atoms with Crippen LogP contribution in [0.1, 0.15) is 97.8 Å². The topological polar surface area (TPSA) is 49.4 Å². The molecule has 7 rings (SSSR count). The molecular weight excluding hydrogens is 586 g/mol. The molecule has 3 aliphatic heterocycles. The van der Waals surface area contributed by atoms with Gasteiger partial charge in [0.1, 0.15) is 0 Å². The molecule has 0 spiro atoms. The van der Waals surface area contributed by atoms with Gasteiger partial charge in [-0.05, 0) is 0 Å². The molecule has 3 heterocycles. The molecule has 0 aromatic heterocycles. The zero-order valence-electron chi connectivity index (χ0n) is 28.3. The normalized spacial score (nSPS) is 47.3. The van der Waals surface area contributed by atoms with Crippen LogP contribution in [0.4, 0.5) is 4.39 Å². The SMILES string of the molecule is CC1C(C2=CCC(CF)CC2)=CC[PH]2(C)C1CCC1(C)C2CCC2[C@H]3CCCC3(NCCN3CCS(=O)(=O)CC3)CC[C@]21C. The third-order valence-corrected chi connectivity index (χ3v) is 23.7. The Labute approximate surface area is 269 Å². The third-order valence-electron chi connectivity index (χ3n) is 16.0. The first kappa shape index (κ1) is 32.3. The molecule has 250 valence electrons. The molecule has 0 aromatic rings. The quantitative estimate of drug-likeness (QED) is 0.309. The molecule has 9 atom stereocenters. The first-order chi connectivity index (χ1) is 20.9. The van der Waals surface area contributed by atoms with E-state index in [0.29, 0.717) is 46.9 Å². The maximum absolute atomic E-state index is 13.3. The summed E-state index contributed by atoms with van der Waals surface area (Å²) in [4.78, 5) is 2.37. The van der Waals surface area contributed by atoms with Crippen molar-refractivity contribution in [2.45, 2.75) is 115 Å². The second-order valence-electron chi connectivity index (χ2n) is 17.5. The molecule has 0 amide bonds. The van der Waals surface area contributed by atoms with Crippen molar-refractivity contribution < 1.29 is 12.8 Å². The standard InChI is InChI=1S/C37H62FN2O2PS/c1-27-30(29-9-7-28(26-38)8-10-29)14-23-43(4)33(27)13-16-36(3)34(43)12-11-31-32-6-5-15-37(32,18-17-35(31,36)2)39-19-20-40-21-24-44(41,42)25-22-40/h9,14,27-28,31-34,39,43H,5-8,10-13,15-26H2,1-4H3/t27?,28?,31?,32-,33?,34?,35-,36?,37?/m1/s1. The summed E-state index contributed by atoms with van der Waals surface area (Å²) in [5.41, 5.74) is 6.28. The Hall–Kier alpha value is -0.290. The third kappa shape index (κ3) is 5.07. The number of alkyl halides is 1. The number of rotatable bonds is 6. The second kappa shape index (κ2) is 11.7. The van der Waals surface area contributed by atoms with E-state index in [1.807, 2.05) is 0 Å². The molecule has 4 aliphatic carbocycles. The summed E-state index contributed by atoms with van der Waals surface area (Å²) >= 11 is 0. The van der Waals surface area contributed by atoms with E-state index in [9.17, 15) is 12.8 Å². The summed E-state index contributed by atoms with van der Waals surface area (Å²) in [5.74, 6) is 3.24. The molecule has 3 saturated carbocycles. The average Bonchev–Trinajstić information content (AvgIpc) is 3.43. The van der Waals surface area contributed by atoms with E-state index < -0.39 is 17.1 Å². The fourth-order valence-electron chi connectivity index (χ4n) is 13.3. The van der Waals surface area contributed by atoms with Crippen LogP contribution in [0.3, 0.4) is 0 Å². The molecule has 0 aromatic carbocycles. The van der Waals surface area contributed by atoms with Crippen molar-refractivity contribution >= 4 is 17.1 Å². The Balaban J connectivity index is 1.07. The first-order valence-electron chi connectivity index (χ1n) is 18.6. The van der Waals surface area contributed by atoms with Crippen LogP contribution in [0.2, 0.25) is 0 Å². The van der Waals surface area contributed by atoms with Crippen molar-refractivity contribution in [2.24, 2.45) is 34.5 Å². The summed E-state index contributed by atoms with van der Waals surface area (Å²) in [5, 5.41) is 4.18. The second-order valence-corrected chi connectivity index (χ2v) is 24.6. The van der Waals surface area contributed by atoms with Crippen molar-refractivity contribution in [3.8, 4) is 0 Å². The van der Waals surface area contributed by atoms with E-state index in [1.165, 1.54) is 63.9 Å². The number of sulfone groups is 1. The van der Waals surface area contributed by atoms with E-state index in [2.05, 4.69) is 49.8 Å². The molecule has 0 radical (unpaired) electrons. The maximum atomic E-state index is 13.3. The Kier molecular flexibility index (Phi) is 8.58. The first-order valence-corrected chi connectivity index (χ1v) is 23.3. The Morgan fingerprint density at radius 1 is 0.977 bits per heavy atom. The van der Waals surface area contributed by atoms with Crippen LogP contribution in [-0.4, -0.2) is 87.4 Å². The Bertz CT molecular complexity index is 1270. The zero-order chi connectivity index (χ0) is 31.0. The summed E-state index contributed by atoms with van der Waals surface area (Å²) in [6.07, 6.45) is 22.1. The van der Waals surface area contributed by atoms with Crippen LogP contribution < -0.4 is 5.32 Å². The number of nitrogens with zero attached hydrogens (tertiary/aromatic N) is 1. The van der Waals surface area contributed by atoms with Crippen molar-refractivity contribution in [3.63, 3.8) is 0 Å². The fourth-order valence-corrected chi connectivity index (χ4v) is 21.2. The Morgan fingerprint density at radius 3 is 2.50 bits per heavy atom. The molecule has 0 bridgehead atoms. The fraction of sp³-hybridized carbons (Fsp3) is 0.892. The number of hydrogen-bond donors (Lipinski definition) is 1. The summed E-state index contributed by atoms with van der Waals surface area (Å²) in [7, 11) is -4.35. The number of fused-ring (bicyclic) bond motifs is 7. The van der Waals surface area contributed by atoms with Crippen molar-refractivity contribution in [3.05, 3.63) is 23.3 Å². The van der Waals surface area contributed by atoms with E-state index in [0.717, 1.165) is 55.5 Å². The molecule has 4 nitrogen and oxygen atoms in total. The minimum atomic E-state index is -2.81. The van der Waals surface area contributed by atoms with Gasteiger partial charge in [-0.15, -0.1) is 0 Å². The van der Waals surface area contributed by atoms with Gasteiger partial charge in [0, 0.05) is 0 Å². The molecule has 5 fully saturated rings. The van der Waals surface area contributed by atoms with E-state index >= 15 is 0 Å². The number of hydrogen-bond acceptors (Lipinski definition) is 4. The molecule has 44 heavy (non-hydrogen) atoms. The van der Waals surface area contributed by atoms with Crippen LogP contribution >= 0.6 is 7.26 Å². The van der Waals surface area contributed by atoms with E-state index in [4.69, 9.17) is 0 Å². The van der Waals surface area contributed by atoms with Crippen molar-refractivity contribution in [1.29, 1.82) is 0 Å². The van der Waals surface area contributed by atoms with Crippen LogP contribution in [0, 0.1) is 34.5 Å². The summed E-state index contributed by atoms with van der Waals surface area (Å²) in [6, 6.07) is 0. The van der Waals surface area contributed by atoms with E-state index in [1.54, 1.807) is 11.1 Å². The van der Waals surface area contributed by atoms with Crippen LogP contribution in [-0.2, 0) is 9.84 Å². The molecule has 7 unspecified atom stereocenters. The van der Waals surface area contributed by atoms with Gasteiger partial charge in [-0.25, -0.2) is 8.42 Å². The van der Waals surface area contributed by atoms with Gasteiger partial charge in [0.25, 0.3) is 0 Å². The predicted molar refractivity (Wildman–Crippen MR) is 186 cm³/mol. The van der Waals surface area contributed by atoms with Crippen molar-refractivity contribution in [1.82, 2.24) is 10.2 Å². The molecular formula is C37H62FN2O2PS. The summed E-state index contributed by atoms with van der Waals surface area (Å²) < 4.78 is 37.1. The number of allylic oxidation sites excluding steroid dienone is 4. The predicted octanol–water partition coefficient (Wildman–Crippen LogP) is 7.24. The van der Waals surface area contributed by atoms with Gasteiger partial charge in [-0.3, -0.25) is 0 Å². The molecule has 7 heteroatoms. The van der Waals surface area contributed by atoms with Crippen LogP contribution in [0.25, 0.3) is 0 Å². The zero-order valence-corrected chi connectivity index (χ0v) is 30.1. The monoisotopic (exact) mass is 648 g/mol. The molecule has 2 saturated heterocycles. The number of nitrogens with one attached hydrogen (secondary N) is 1. The number of halogens is 1. The van der Waals surface area contributed by atoms with Gasteiger partial charge in [-0.1, -0.05) is 0 Å². The van der Waals surface area contributed by atoms with Crippen molar-refractivity contribution in [2.75, 3.05) is 57.2 Å².